The van der Waals surface area contributed by atoms with Crippen LogP contribution in [0, 0.1) is 5.82 Å². The summed E-state index contributed by atoms with van der Waals surface area (Å²) >= 11 is 0. The molecule has 1 amide bonds. The molecule has 2 aliphatic rings. The number of nitrogens with one attached hydrogen (secondary N) is 1. The van der Waals surface area contributed by atoms with Crippen LogP contribution in [0.15, 0.2) is 53.4 Å². The molecule has 1 atom stereocenters. The molecule has 0 bridgehead atoms. The quantitative estimate of drug-likeness (QED) is 0.687. The van der Waals surface area contributed by atoms with Crippen molar-refractivity contribution in [3.63, 3.8) is 0 Å². The second-order valence-corrected chi connectivity index (χ2v) is 10.1. The van der Waals surface area contributed by atoms with Crippen LogP contribution in [0.5, 0.6) is 0 Å². The van der Waals surface area contributed by atoms with Gasteiger partial charge in [0.05, 0.1) is 29.8 Å². The summed E-state index contributed by atoms with van der Waals surface area (Å²) in [6.07, 6.45) is 0. The number of anilines is 2. The van der Waals surface area contributed by atoms with Crippen LogP contribution in [0.3, 0.4) is 0 Å². The molecule has 10 heteroatoms. The number of hydrogen-bond donors (Lipinski definition) is 1. The number of carbonyl (C=O) groups is 1. The molecule has 33 heavy (non-hydrogen) atoms. The second-order valence-electron chi connectivity index (χ2n) is 8.18. The maximum atomic E-state index is 14.1. The maximum Gasteiger partial charge on any atom is 0.243 e. The van der Waals surface area contributed by atoms with Crippen molar-refractivity contribution in [1.29, 1.82) is 0 Å². The fraction of sp³-hybridized carbons (Fsp3) is 0.435. The predicted octanol–water partition coefficient (Wildman–Crippen LogP) is 2.00. The number of amides is 1. The molecule has 2 heterocycles. The first-order valence-corrected chi connectivity index (χ1v) is 12.5. The van der Waals surface area contributed by atoms with Crippen molar-refractivity contribution in [2.45, 2.75) is 17.9 Å². The number of nitrogens with zero attached hydrogens (tertiary/aromatic N) is 3. The van der Waals surface area contributed by atoms with Gasteiger partial charge in [0.2, 0.25) is 15.9 Å². The average molecular weight is 477 g/mol. The lowest BCUT2D eigenvalue weighted by Gasteiger charge is -2.38. The van der Waals surface area contributed by atoms with Crippen LogP contribution in [0.4, 0.5) is 15.8 Å². The van der Waals surface area contributed by atoms with E-state index < -0.39 is 16.1 Å². The first-order chi connectivity index (χ1) is 15.9. The fourth-order valence-corrected chi connectivity index (χ4v) is 5.60. The third-order valence-electron chi connectivity index (χ3n) is 6.14. The highest BCUT2D eigenvalue weighted by molar-refractivity contribution is 7.89. The van der Waals surface area contributed by atoms with Crippen molar-refractivity contribution in [3.05, 3.63) is 54.3 Å². The summed E-state index contributed by atoms with van der Waals surface area (Å²) in [5.41, 5.74) is 1.01. The zero-order valence-electron chi connectivity index (χ0n) is 18.6. The second kappa shape index (κ2) is 10.2. The molecule has 2 saturated heterocycles. The van der Waals surface area contributed by atoms with Crippen LogP contribution in [-0.2, 0) is 19.6 Å². The number of piperazine rings is 1. The summed E-state index contributed by atoms with van der Waals surface area (Å²) in [6.45, 7) is 5.67. The van der Waals surface area contributed by atoms with Gasteiger partial charge in [0.25, 0.3) is 0 Å². The molecular formula is C23H29FN4O4S. The molecular weight excluding hydrogens is 447 g/mol. The number of morpholine rings is 1. The van der Waals surface area contributed by atoms with E-state index in [2.05, 4.69) is 5.32 Å². The summed E-state index contributed by atoms with van der Waals surface area (Å²) in [5, 5.41) is 2.84. The Morgan fingerprint density at radius 1 is 1.00 bits per heavy atom. The van der Waals surface area contributed by atoms with Crippen LogP contribution in [0.1, 0.15) is 6.92 Å². The summed E-state index contributed by atoms with van der Waals surface area (Å²) in [5.74, 6) is -0.459. The lowest BCUT2D eigenvalue weighted by Crippen LogP contribution is -2.53. The number of rotatable bonds is 6. The highest BCUT2D eigenvalue weighted by atomic mass is 32.2. The monoisotopic (exact) mass is 476 g/mol. The minimum Gasteiger partial charge on any atom is -0.379 e. The normalized spacial score (nSPS) is 19.3. The standard InChI is InChI=1S/C23H29FN4O4S/c1-18(26-9-11-27(12-10-26)22-8-3-2-7-21(22)24)23(29)25-19-5-4-6-20(17-19)33(30,31)28-13-15-32-16-14-28/h2-8,17-18H,9-16H2,1H3,(H,25,29). The van der Waals surface area contributed by atoms with E-state index in [0.29, 0.717) is 63.9 Å². The third-order valence-corrected chi connectivity index (χ3v) is 8.04. The molecule has 0 aromatic heterocycles. The van der Waals surface area contributed by atoms with Gasteiger partial charge in [-0.25, -0.2) is 12.8 Å². The average Bonchev–Trinajstić information content (AvgIpc) is 2.85. The molecule has 2 fully saturated rings. The number of halogens is 1. The van der Waals surface area contributed by atoms with Crippen LogP contribution in [-0.4, -0.2) is 82.1 Å². The van der Waals surface area contributed by atoms with Crippen LogP contribution in [0.2, 0.25) is 0 Å². The lowest BCUT2D eigenvalue weighted by molar-refractivity contribution is -0.120. The van der Waals surface area contributed by atoms with Crippen molar-refractivity contribution in [2.24, 2.45) is 0 Å². The summed E-state index contributed by atoms with van der Waals surface area (Å²) in [4.78, 5) is 17.0. The number of para-hydroxylation sites is 1. The Hall–Kier alpha value is -2.53. The van der Waals surface area contributed by atoms with E-state index in [1.54, 1.807) is 24.3 Å². The highest BCUT2D eigenvalue weighted by Gasteiger charge is 2.28. The van der Waals surface area contributed by atoms with Crippen molar-refractivity contribution in [3.8, 4) is 0 Å². The SMILES string of the molecule is CC(C(=O)Nc1cccc(S(=O)(=O)N2CCOCC2)c1)N1CCN(c2ccccc2F)CC1. The summed E-state index contributed by atoms with van der Waals surface area (Å²) in [6, 6.07) is 12.6. The molecule has 2 aliphatic heterocycles. The van der Waals surface area contributed by atoms with Gasteiger partial charge in [-0.05, 0) is 37.3 Å². The minimum absolute atomic E-state index is 0.147. The maximum absolute atomic E-state index is 14.1. The Balaban J connectivity index is 1.37. The third kappa shape index (κ3) is 5.35. The Kier molecular flexibility index (Phi) is 7.28. The highest BCUT2D eigenvalue weighted by Crippen LogP contribution is 2.23. The van der Waals surface area contributed by atoms with Crippen LogP contribution < -0.4 is 10.2 Å². The van der Waals surface area contributed by atoms with Gasteiger partial charge in [0.15, 0.2) is 0 Å². The van der Waals surface area contributed by atoms with Crippen LogP contribution >= 0.6 is 0 Å². The van der Waals surface area contributed by atoms with Crippen molar-refractivity contribution in [2.75, 3.05) is 62.7 Å². The van der Waals surface area contributed by atoms with E-state index in [0.717, 1.165) is 0 Å². The number of sulfonamides is 1. The molecule has 2 aromatic carbocycles. The van der Waals surface area contributed by atoms with Crippen molar-refractivity contribution >= 4 is 27.3 Å². The number of carbonyl (C=O) groups excluding carboxylic acids is 1. The van der Waals surface area contributed by atoms with Gasteiger partial charge in [-0.3, -0.25) is 9.69 Å². The van der Waals surface area contributed by atoms with Gasteiger partial charge in [-0.15, -0.1) is 0 Å². The van der Waals surface area contributed by atoms with E-state index in [-0.39, 0.29) is 16.6 Å². The Morgan fingerprint density at radius 2 is 1.70 bits per heavy atom. The molecule has 0 aliphatic carbocycles. The Bertz CT molecular complexity index is 1080. The molecule has 0 spiro atoms. The van der Waals surface area contributed by atoms with Crippen LogP contribution in [0.25, 0.3) is 0 Å². The first-order valence-electron chi connectivity index (χ1n) is 11.1. The largest absolute Gasteiger partial charge is 0.379 e. The summed E-state index contributed by atoms with van der Waals surface area (Å²) in [7, 11) is -3.64. The van der Waals surface area contributed by atoms with Crippen molar-refractivity contribution in [1.82, 2.24) is 9.21 Å². The van der Waals surface area contributed by atoms with E-state index >= 15 is 0 Å². The van der Waals surface area contributed by atoms with Gasteiger partial charge < -0.3 is 15.0 Å². The van der Waals surface area contributed by atoms with Gasteiger partial charge in [0, 0.05) is 45.0 Å². The fourth-order valence-electron chi connectivity index (χ4n) is 4.14. The molecule has 8 nitrogen and oxygen atoms in total. The molecule has 0 radical (unpaired) electrons. The molecule has 178 valence electrons. The summed E-state index contributed by atoms with van der Waals surface area (Å²) < 4.78 is 46.5. The van der Waals surface area contributed by atoms with Gasteiger partial charge in [-0.1, -0.05) is 18.2 Å². The Labute approximate surface area is 194 Å². The zero-order chi connectivity index (χ0) is 23.4. The number of ether oxygens (including phenoxy) is 1. The molecule has 1 N–H and O–H groups in total. The van der Waals surface area contributed by atoms with Gasteiger partial charge in [0.1, 0.15) is 5.82 Å². The Morgan fingerprint density at radius 3 is 2.39 bits per heavy atom. The van der Waals surface area contributed by atoms with Gasteiger partial charge in [-0.2, -0.15) is 4.31 Å². The lowest BCUT2D eigenvalue weighted by atomic mass is 10.2. The first kappa shape index (κ1) is 23.6. The van der Waals surface area contributed by atoms with E-state index in [9.17, 15) is 17.6 Å². The van der Waals surface area contributed by atoms with Gasteiger partial charge >= 0.3 is 0 Å². The van der Waals surface area contributed by atoms with Crippen molar-refractivity contribution < 1.29 is 22.3 Å². The van der Waals surface area contributed by atoms with E-state index in [4.69, 9.17) is 4.74 Å². The smallest absolute Gasteiger partial charge is 0.243 e. The minimum atomic E-state index is -3.64. The molecule has 0 saturated carbocycles. The molecule has 1 unspecified atom stereocenters. The zero-order valence-corrected chi connectivity index (χ0v) is 19.4. The topological polar surface area (TPSA) is 82.2 Å². The number of benzene rings is 2. The molecule has 4 rings (SSSR count). The number of hydrogen-bond acceptors (Lipinski definition) is 6. The van der Waals surface area contributed by atoms with E-state index in [1.807, 2.05) is 22.8 Å². The predicted molar refractivity (Wildman–Crippen MR) is 124 cm³/mol. The van der Waals surface area contributed by atoms with E-state index in [1.165, 1.54) is 22.5 Å². The molecule has 2 aromatic rings.